The number of carbonyl (C=O) groups excluding carboxylic acids is 1. The predicted octanol–water partition coefficient (Wildman–Crippen LogP) is 2.45. The van der Waals surface area contributed by atoms with Gasteiger partial charge in [-0.1, -0.05) is 37.2 Å². The number of nitrogens with one attached hydrogen (secondary N) is 1. The second-order valence-electron chi connectivity index (χ2n) is 7.16. The maximum atomic E-state index is 13.0. The molecule has 8 heteroatoms. The van der Waals surface area contributed by atoms with E-state index in [0.717, 1.165) is 12.8 Å². The maximum Gasteiger partial charge on any atom is 0.274 e. The monoisotopic (exact) mass is 367 g/mol. The van der Waals surface area contributed by atoms with Crippen molar-refractivity contribution in [2.45, 2.75) is 38.5 Å². The summed E-state index contributed by atoms with van der Waals surface area (Å²) in [7, 11) is 0. The average Bonchev–Trinajstić information content (AvgIpc) is 3.19. The fourth-order valence-electron chi connectivity index (χ4n) is 3.40. The normalized spacial score (nSPS) is 15.6. The summed E-state index contributed by atoms with van der Waals surface area (Å²) >= 11 is 0. The molecule has 1 aromatic carbocycles. The Bertz CT molecular complexity index is 1030. The highest BCUT2D eigenvalue weighted by molar-refractivity contribution is 6.04. The quantitative estimate of drug-likeness (QED) is 0.762. The van der Waals surface area contributed by atoms with Gasteiger partial charge in [-0.25, -0.2) is 5.10 Å². The third-order valence-electron chi connectivity index (χ3n) is 5.00. The predicted molar refractivity (Wildman–Crippen MR) is 98.6 cm³/mol. The number of hydrogen-bond donors (Lipinski definition) is 1. The van der Waals surface area contributed by atoms with E-state index in [0.29, 0.717) is 35.6 Å². The van der Waals surface area contributed by atoms with E-state index in [9.17, 15) is 9.59 Å². The fourth-order valence-corrected chi connectivity index (χ4v) is 3.40. The highest BCUT2D eigenvalue weighted by atomic mass is 16.5. The van der Waals surface area contributed by atoms with Crippen molar-refractivity contribution in [2.24, 2.45) is 0 Å². The standard InChI is InChI=1S/C19H21N5O3/c1-11(2)16-20-18(27-23-16)12-7-9-24(10-8-12)19(26)15-13-5-3-4-6-14(13)17(25)22-21-15/h3-6,11-12H,7-10H2,1-2H3,(H,22,25). The van der Waals surface area contributed by atoms with Crippen LogP contribution in [0.25, 0.3) is 10.8 Å². The first kappa shape index (κ1) is 17.4. The van der Waals surface area contributed by atoms with Crippen molar-refractivity contribution in [3.63, 3.8) is 0 Å². The number of hydrogen-bond acceptors (Lipinski definition) is 6. The Labute approximate surface area is 155 Å². The van der Waals surface area contributed by atoms with Gasteiger partial charge in [0.05, 0.1) is 5.39 Å². The Morgan fingerprint density at radius 1 is 1.22 bits per heavy atom. The molecule has 1 saturated heterocycles. The van der Waals surface area contributed by atoms with Crippen LogP contribution in [0.15, 0.2) is 33.6 Å². The summed E-state index contributed by atoms with van der Waals surface area (Å²) in [5.41, 5.74) is -0.0123. The van der Waals surface area contributed by atoms with Crippen molar-refractivity contribution >= 4 is 16.7 Å². The maximum absolute atomic E-state index is 13.0. The van der Waals surface area contributed by atoms with Crippen molar-refractivity contribution in [3.05, 3.63) is 52.0 Å². The van der Waals surface area contributed by atoms with Crippen molar-refractivity contribution in [3.8, 4) is 0 Å². The number of benzene rings is 1. The lowest BCUT2D eigenvalue weighted by molar-refractivity contribution is 0.0699. The molecule has 0 aliphatic carbocycles. The molecule has 1 amide bonds. The number of likely N-dealkylation sites (tertiary alicyclic amines) is 1. The molecule has 1 aliphatic heterocycles. The van der Waals surface area contributed by atoms with Gasteiger partial charge in [0.25, 0.3) is 11.5 Å². The van der Waals surface area contributed by atoms with E-state index in [4.69, 9.17) is 4.52 Å². The minimum Gasteiger partial charge on any atom is -0.339 e. The number of rotatable bonds is 3. The van der Waals surface area contributed by atoms with Crippen LogP contribution in [0.2, 0.25) is 0 Å². The molecule has 0 bridgehead atoms. The van der Waals surface area contributed by atoms with Crippen LogP contribution in [0.1, 0.15) is 60.7 Å². The average molecular weight is 367 g/mol. The molecule has 3 aromatic rings. The van der Waals surface area contributed by atoms with E-state index < -0.39 is 0 Å². The van der Waals surface area contributed by atoms with Crippen molar-refractivity contribution in [1.82, 2.24) is 25.2 Å². The van der Waals surface area contributed by atoms with E-state index in [1.807, 2.05) is 13.8 Å². The molecule has 4 rings (SSSR count). The van der Waals surface area contributed by atoms with E-state index in [1.165, 1.54) is 0 Å². The third-order valence-corrected chi connectivity index (χ3v) is 5.00. The Morgan fingerprint density at radius 2 is 1.93 bits per heavy atom. The molecular formula is C19H21N5O3. The first-order valence-electron chi connectivity index (χ1n) is 9.14. The zero-order valence-electron chi connectivity index (χ0n) is 15.3. The Hall–Kier alpha value is -3.03. The van der Waals surface area contributed by atoms with Gasteiger partial charge in [-0.15, -0.1) is 0 Å². The number of aromatic amines is 1. The lowest BCUT2D eigenvalue weighted by atomic mass is 9.96. The van der Waals surface area contributed by atoms with Crippen molar-refractivity contribution in [1.29, 1.82) is 0 Å². The van der Waals surface area contributed by atoms with Gasteiger partial charge in [0, 0.05) is 30.3 Å². The van der Waals surface area contributed by atoms with Crippen LogP contribution < -0.4 is 5.56 Å². The van der Waals surface area contributed by atoms with Gasteiger partial charge in [0.1, 0.15) is 0 Å². The van der Waals surface area contributed by atoms with Gasteiger partial charge in [0.15, 0.2) is 11.5 Å². The van der Waals surface area contributed by atoms with Gasteiger partial charge in [-0.05, 0) is 18.9 Å². The van der Waals surface area contributed by atoms with Crippen LogP contribution in [0, 0.1) is 0 Å². The zero-order chi connectivity index (χ0) is 19.0. The van der Waals surface area contributed by atoms with E-state index in [-0.39, 0.29) is 29.0 Å². The number of nitrogens with zero attached hydrogens (tertiary/aromatic N) is 4. The first-order chi connectivity index (χ1) is 13.0. The van der Waals surface area contributed by atoms with E-state index >= 15 is 0 Å². The summed E-state index contributed by atoms with van der Waals surface area (Å²) in [4.78, 5) is 31.1. The number of aromatic nitrogens is 4. The molecule has 1 aliphatic rings. The number of fused-ring (bicyclic) bond motifs is 1. The van der Waals surface area contributed by atoms with Gasteiger partial charge in [-0.2, -0.15) is 10.1 Å². The molecule has 8 nitrogen and oxygen atoms in total. The number of amides is 1. The zero-order valence-corrected chi connectivity index (χ0v) is 15.3. The van der Waals surface area contributed by atoms with Crippen LogP contribution in [-0.4, -0.2) is 44.2 Å². The summed E-state index contributed by atoms with van der Waals surface area (Å²) in [6.45, 7) is 5.21. The molecule has 2 aromatic heterocycles. The SMILES string of the molecule is CC(C)c1noc(C2CCN(C(=O)c3n[nH]c(=O)c4ccccc34)CC2)n1. The highest BCUT2D eigenvalue weighted by Crippen LogP contribution is 2.28. The van der Waals surface area contributed by atoms with Crippen molar-refractivity contribution < 1.29 is 9.32 Å². The molecular weight excluding hydrogens is 346 g/mol. The van der Waals surface area contributed by atoms with Crippen LogP contribution >= 0.6 is 0 Å². The number of piperidine rings is 1. The highest BCUT2D eigenvalue weighted by Gasteiger charge is 2.29. The van der Waals surface area contributed by atoms with Gasteiger partial charge in [0.2, 0.25) is 5.89 Å². The summed E-state index contributed by atoms with van der Waals surface area (Å²) < 4.78 is 5.40. The molecule has 0 spiro atoms. The molecule has 1 fully saturated rings. The Balaban J connectivity index is 1.51. The van der Waals surface area contributed by atoms with Gasteiger partial charge >= 0.3 is 0 Å². The molecule has 3 heterocycles. The summed E-state index contributed by atoms with van der Waals surface area (Å²) in [6, 6.07) is 7.02. The molecule has 27 heavy (non-hydrogen) atoms. The molecule has 0 unspecified atom stereocenters. The second-order valence-corrected chi connectivity index (χ2v) is 7.16. The Morgan fingerprint density at radius 3 is 2.59 bits per heavy atom. The Kier molecular flexibility index (Phi) is 4.47. The van der Waals surface area contributed by atoms with Crippen LogP contribution in [0.3, 0.4) is 0 Å². The lowest BCUT2D eigenvalue weighted by Crippen LogP contribution is -2.38. The minimum atomic E-state index is -0.293. The van der Waals surface area contributed by atoms with Crippen molar-refractivity contribution in [2.75, 3.05) is 13.1 Å². The minimum absolute atomic E-state index is 0.161. The smallest absolute Gasteiger partial charge is 0.274 e. The number of carbonyl (C=O) groups is 1. The molecule has 0 radical (unpaired) electrons. The largest absolute Gasteiger partial charge is 0.339 e. The molecule has 0 atom stereocenters. The summed E-state index contributed by atoms with van der Waals surface area (Å²) in [5.74, 6) is 1.58. The third kappa shape index (κ3) is 3.22. The van der Waals surface area contributed by atoms with E-state index in [1.54, 1.807) is 29.2 Å². The topological polar surface area (TPSA) is 105 Å². The number of H-pyrrole nitrogens is 1. The summed E-state index contributed by atoms with van der Waals surface area (Å²) in [6.07, 6.45) is 1.51. The molecule has 0 saturated carbocycles. The van der Waals surface area contributed by atoms with Crippen LogP contribution in [-0.2, 0) is 0 Å². The lowest BCUT2D eigenvalue weighted by Gasteiger charge is -2.30. The fraction of sp³-hybridized carbons (Fsp3) is 0.421. The van der Waals surface area contributed by atoms with Gasteiger partial charge < -0.3 is 9.42 Å². The van der Waals surface area contributed by atoms with E-state index in [2.05, 4.69) is 20.3 Å². The second kappa shape index (κ2) is 6.94. The van der Waals surface area contributed by atoms with Crippen LogP contribution in [0.5, 0.6) is 0 Å². The molecule has 1 N–H and O–H groups in total. The van der Waals surface area contributed by atoms with Gasteiger partial charge in [-0.3, -0.25) is 9.59 Å². The first-order valence-corrected chi connectivity index (χ1v) is 9.14. The van der Waals surface area contributed by atoms with Crippen LogP contribution in [0.4, 0.5) is 0 Å². The summed E-state index contributed by atoms with van der Waals surface area (Å²) in [5, 5.41) is 11.5. The molecule has 140 valence electrons.